The van der Waals surface area contributed by atoms with E-state index in [0.717, 1.165) is 57.8 Å². The number of urea groups is 1. The third-order valence-electron chi connectivity index (χ3n) is 11.0. The summed E-state index contributed by atoms with van der Waals surface area (Å²) in [5.41, 5.74) is -1.54. The van der Waals surface area contributed by atoms with E-state index < -0.39 is 73.2 Å². The third-order valence-corrected chi connectivity index (χ3v) is 13.8. The second kappa shape index (κ2) is 17.7. The molecule has 4 N–H and O–H groups in total. The van der Waals surface area contributed by atoms with Gasteiger partial charge in [-0.1, -0.05) is 72.1 Å². The van der Waals surface area contributed by atoms with Crippen molar-refractivity contribution in [2.24, 2.45) is 5.41 Å². The molecule has 0 heterocycles. The number of amides is 5. The Morgan fingerprint density at radius 2 is 1.44 bits per heavy atom. The highest BCUT2D eigenvalue weighted by Crippen LogP contribution is 2.40. The minimum Gasteiger partial charge on any atom is -0.347 e. The van der Waals surface area contributed by atoms with Gasteiger partial charge in [-0.3, -0.25) is 19.2 Å². The van der Waals surface area contributed by atoms with Gasteiger partial charge in [0, 0.05) is 12.6 Å². The van der Waals surface area contributed by atoms with E-state index in [4.69, 9.17) is 0 Å². The summed E-state index contributed by atoms with van der Waals surface area (Å²) >= 11 is 0. The van der Waals surface area contributed by atoms with E-state index in [-0.39, 0.29) is 18.3 Å². The highest BCUT2D eigenvalue weighted by Gasteiger charge is 2.47. The average molecular weight is 724 g/mol. The van der Waals surface area contributed by atoms with E-state index in [1.165, 1.54) is 4.90 Å². The Hall–Kier alpha value is -2.70. The third kappa shape index (κ3) is 11.1. The molecule has 3 rings (SSSR count). The first-order valence-electron chi connectivity index (χ1n) is 19.1. The van der Waals surface area contributed by atoms with Gasteiger partial charge in [0.15, 0.2) is 9.84 Å². The number of rotatable bonds is 17. The standard InChI is InChI=1S/C37H65N5O7S/c1-8-10-17-28(29(43)32(45)38-27-18-19-27)39-31(44)26(3)42(24-9-2)33(46)30(36(7)20-13-11-14-21-36)40-34(47)41-37(22-15-12-16-23-37)25-50(48,49)35(4,5)6/h26-28,30H,8-25H2,1-7H3,(H,38,45)(H,39,44)(H2,40,41,47)/t26-,28-,30+/m0/s1. The Labute approximate surface area is 300 Å². The van der Waals surface area contributed by atoms with Gasteiger partial charge in [-0.2, -0.15) is 0 Å². The first-order valence-corrected chi connectivity index (χ1v) is 20.8. The first kappa shape index (κ1) is 41.7. The van der Waals surface area contributed by atoms with Gasteiger partial charge in [0.25, 0.3) is 5.91 Å². The van der Waals surface area contributed by atoms with Crippen LogP contribution in [0.5, 0.6) is 0 Å². The van der Waals surface area contributed by atoms with Crippen molar-refractivity contribution in [3.63, 3.8) is 0 Å². The van der Waals surface area contributed by atoms with E-state index in [0.29, 0.717) is 44.9 Å². The number of sulfone groups is 1. The Morgan fingerprint density at radius 1 is 0.860 bits per heavy atom. The quantitative estimate of drug-likeness (QED) is 0.158. The maximum atomic E-state index is 14.7. The molecule has 5 amide bonds. The van der Waals surface area contributed by atoms with Crippen LogP contribution >= 0.6 is 0 Å². The van der Waals surface area contributed by atoms with Gasteiger partial charge in [0.2, 0.25) is 17.6 Å². The summed E-state index contributed by atoms with van der Waals surface area (Å²) in [5, 5.41) is 11.6. The summed E-state index contributed by atoms with van der Waals surface area (Å²) in [4.78, 5) is 69.6. The van der Waals surface area contributed by atoms with Crippen molar-refractivity contribution >= 4 is 39.4 Å². The minimum atomic E-state index is -3.56. The van der Waals surface area contributed by atoms with Crippen molar-refractivity contribution in [2.75, 3.05) is 12.3 Å². The average Bonchev–Trinajstić information content (AvgIpc) is 3.87. The molecule has 3 aliphatic carbocycles. The largest absolute Gasteiger partial charge is 0.347 e. The summed E-state index contributed by atoms with van der Waals surface area (Å²) in [6.45, 7) is 12.7. The molecule has 3 atom stereocenters. The second-order valence-corrected chi connectivity index (χ2v) is 19.2. The molecule has 0 radical (unpaired) electrons. The van der Waals surface area contributed by atoms with E-state index in [1.54, 1.807) is 27.7 Å². The van der Waals surface area contributed by atoms with Gasteiger partial charge < -0.3 is 26.2 Å². The second-order valence-electron chi connectivity index (χ2n) is 16.5. The SMILES string of the molecule is CCCC[C@H](NC(=O)[C@H](C)N(CCC)C(=O)[C@@H](NC(=O)NC1(CS(=O)(=O)C(C)(C)C)CCCCC1)C1(C)CCCCC1)C(=O)C(=O)NC1CC1. The fourth-order valence-electron chi connectivity index (χ4n) is 7.36. The summed E-state index contributed by atoms with van der Waals surface area (Å²) < 4.78 is 25.8. The monoisotopic (exact) mass is 723 g/mol. The fourth-order valence-corrected chi connectivity index (χ4v) is 8.88. The highest BCUT2D eigenvalue weighted by molar-refractivity contribution is 7.92. The molecule has 12 nitrogen and oxygen atoms in total. The fraction of sp³-hybridized carbons (Fsp3) is 0.865. The number of carbonyl (C=O) groups excluding carboxylic acids is 5. The molecule has 0 spiro atoms. The van der Waals surface area contributed by atoms with Gasteiger partial charge in [-0.25, -0.2) is 13.2 Å². The van der Waals surface area contributed by atoms with Gasteiger partial charge in [0.1, 0.15) is 12.1 Å². The number of ketones is 1. The molecule has 0 aliphatic heterocycles. The number of unbranched alkanes of at least 4 members (excludes halogenated alkanes) is 1. The maximum absolute atomic E-state index is 14.7. The van der Waals surface area contributed by atoms with Crippen LogP contribution in [-0.4, -0.2) is 89.6 Å². The number of Topliss-reactive ketones (excluding diaryl/α,β-unsaturated/α-hetero) is 1. The van der Waals surface area contributed by atoms with Crippen molar-refractivity contribution in [3.8, 4) is 0 Å². The lowest BCUT2D eigenvalue weighted by Gasteiger charge is -2.44. The van der Waals surface area contributed by atoms with Crippen LogP contribution in [-0.2, 0) is 29.0 Å². The first-order chi connectivity index (χ1) is 23.4. The van der Waals surface area contributed by atoms with Gasteiger partial charge in [-0.15, -0.1) is 0 Å². The summed E-state index contributed by atoms with van der Waals surface area (Å²) in [7, 11) is -3.56. The molecule has 286 valence electrons. The highest BCUT2D eigenvalue weighted by atomic mass is 32.2. The molecule has 3 fully saturated rings. The molecular formula is C37H65N5O7S. The maximum Gasteiger partial charge on any atom is 0.315 e. The van der Waals surface area contributed by atoms with Crippen LogP contribution in [0.3, 0.4) is 0 Å². The van der Waals surface area contributed by atoms with Crippen LogP contribution in [0.1, 0.15) is 151 Å². The van der Waals surface area contributed by atoms with Crippen molar-refractivity contribution < 1.29 is 32.4 Å². The lowest BCUT2D eigenvalue weighted by Crippen LogP contribution is -2.65. The van der Waals surface area contributed by atoms with E-state index in [1.807, 2.05) is 20.8 Å². The lowest BCUT2D eigenvalue weighted by molar-refractivity contribution is -0.145. The van der Waals surface area contributed by atoms with Crippen molar-refractivity contribution in [2.45, 2.75) is 186 Å². The lowest BCUT2D eigenvalue weighted by atomic mass is 9.70. The zero-order chi connectivity index (χ0) is 37.3. The number of nitrogens with one attached hydrogen (secondary N) is 4. The molecule has 0 aromatic heterocycles. The Bertz CT molecular complexity index is 1310. The Balaban J connectivity index is 1.86. The van der Waals surface area contributed by atoms with Gasteiger partial charge >= 0.3 is 6.03 Å². The molecule has 0 aromatic rings. The number of hydrogen-bond donors (Lipinski definition) is 4. The molecule has 50 heavy (non-hydrogen) atoms. The molecule has 0 unspecified atom stereocenters. The predicted molar refractivity (Wildman–Crippen MR) is 195 cm³/mol. The van der Waals surface area contributed by atoms with Gasteiger partial charge in [-0.05, 0) is 84.5 Å². The Morgan fingerprint density at radius 3 is 1.96 bits per heavy atom. The summed E-state index contributed by atoms with van der Waals surface area (Å²) in [6.07, 6.45) is 11.8. The van der Waals surface area contributed by atoms with Crippen LogP contribution in [0.2, 0.25) is 0 Å². The molecule has 3 aliphatic rings. The van der Waals surface area contributed by atoms with E-state index >= 15 is 0 Å². The zero-order valence-corrected chi connectivity index (χ0v) is 32.6. The molecule has 0 bridgehead atoms. The summed E-state index contributed by atoms with van der Waals surface area (Å²) in [6, 6.07) is -3.53. The smallest absolute Gasteiger partial charge is 0.315 e. The number of carbonyl (C=O) groups is 5. The number of nitrogens with zero attached hydrogens (tertiary/aromatic N) is 1. The van der Waals surface area contributed by atoms with Crippen molar-refractivity contribution in [3.05, 3.63) is 0 Å². The minimum absolute atomic E-state index is 0.00392. The molecular weight excluding hydrogens is 659 g/mol. The van der Waals surface area contributed by atoms with Crippen LogP contribution in [0.15, 0.2) is 0 Å². The van der Waals surface area contributed by atoms with Crippen LogP contribution in [0.25, 0.3) is 0 Å². The van der Waals surface area contributed by atoms with Crippen molar-refractivity contribution in [1.82, 2.24) is 26.2 Å². The van der Waals surface area contributed by atoms with Crippen LogP contribution < -0.4 is 21.3 Å². The van der Waals surface area contributed by atoms with Crippen molar-refractivity contribution in [1.29, 1.82) is 0 Å². The molecule has 3 saturated carbocycles. The normalized spacial score (nSPS) is 20.8. The molecule has 0 saturated heterocycles. The van der Waals surface area contributed by atoms with Crippen LogP contribution in [0.4, 0.5) is 4.79 Å². The zero-order valence-electron chi connectivity index (χ0n) is 31.8. The Kier molecular flexibility index (Phi) is 14.8. The number of hydrogen-bond acceptors (Lipinski definition) is 7. The molecule has 0 aromatic carbocycles. The van der Waals surface area contributed by atoms with E-state index in [9.17, 15) is 32.4 Å². The van der Waals surface area contributed by atoms with Gasteiger partial charge in [0.05, 0.1) is 22.1 Å². The van der Waals surface area contributed by atoms with Crippen LogP contribution in [0, 0.1) is 5.41 Å². The summed E-state index contributed by atoms with van der Waals surface area (Å²) in [5.74, 6) is -2.49. The predicted octanol–water partition coefficient (Wildman–Crippen LogP) is 4.69. The van der Waals surface area contributed by atoms with E-state index in [2.05, 4.69) is 21.3 Å². The molecule has 13 heteroatoms. The topological polar surface area (TPSA) is 171 Å².